The van der Waals surface area contributed by atoms with Gasteiger partial charge in [0, 0.05) is 12.8 Å². The molecule has 0 bridgehead atoms. The van der Waals surface area contributed by atoms with Gasteiger partial charge in [0.15, 0.2) is 0 Å². The monoisotopic (exact) mass is 733 g/mol. The summed E-state index contributed by atoms with van der Waals surface area (Å²) in [5.74, 6) is -0.638. The highest BCUT2D eigenvalue weighted by atomic mass is 16.6. The van der Waals surface area contributed by atoms with Crippen molar-refractivity contribution in [2.45, 2.75) is 303 Å². The molecule has 3 nitrogen and oxygen atoms in total. The molecule has 0 aromatic rings. The molecule has 0 N–H and O–H groups in total. The van der Waals surface area contributed by atoms with Crippen LogP contribution in [0.1, 0.15) is 303 Å². The molecule has 0 saturated heterocycles. The first-order chi connectivity index (χ1) is 25.7. The molecule has 0 atom stereocenters. The Morgan fingerprint density at radius 3 is 0.519 bits per heavy atom. The van der Waals surface area contributed by atoms with E-state index in [1.54, 1.807) is 0 Å². The Labute approximate surface area is 328 Å². The molecule has 0 aromatic carbocycles. The molecule has 0 aliphatic rings. The molecule has 0 amide bonds. The van der Waals surface area contributed by atoms with Crippen LogP contribution in [0.2, 0.25) is 0 Å². The van der Waals surface area contributed by atoms with Gasteiger partial charge < -0.3 is 4.74 Å². The number of rotatable bonds is 45. The summed E-state index contributed by atoms with van der Waals surface area (Å²) in [4.78, 5) is 24.0. The Balaban J connectivity index is 3.23. The second-order valence-electron chi connectivity index (χ2n) is 16.8. The largest absolute Gasteiger partial charge is 0.393 e. The lowest BCUT2D eigenvalue weighted by molar-refractivity contribution is -0.159. The van der Waals surface area contributed by atoms with E-state index in [2.05, 4.69) is 13.8 Å². The number of carbonyl (C=O) groups excluding carboxylic acids is 2. The number of carbonyl (C=O) groups is 2. The third kappa shape index (κ3) is 45.3. The van der Waals surface area contributed by atoms with E-state index in [0.717, 1.165) is 25.7 Å². The van der Waals surface area contributed by atoms with E-state index in [0.29, 0.717) is 12.8 Å². The third-order valence-corrected chi connectivity index (χ3v) is 11.4. The average Bonchev–Trinajstić information content (AvgIpc) is 3.14. The first kappa shape index (κ1) is 51.1. The minimum atomic E-state index is -0.319. The van der Waals surface area contributed by atoms with Crippen molar-refractivity contribution < 1.29 is 14.3 Å². The van der Waals surface area contributed by atoms with Gasteiger partial charge in [-0.2, -0.15) is 0 Å². The molecule has 52 heavy (non-hydrogen) atoms. The summed E-state index contributed by atoms with van der Waals surface area (Å²) < 4.78 is 5.06. The maximum atomic E-state index is 12.0. The average molecular weight is 733 g/mol. The van der Waals surface area contributed by atoms with Crippen LogP contribution in [-0.4, -0.2) is 11.9 Å². The molecule has 0 spiro atoms. The smallest absolute Gasteiger partial charge is 0.313 e. The molecule has 0 unspecified atom stereocenters. The van der Waals surface area contributed by atoms with Gasteiger partial charge >= 0.3 is 11.9 Å². The quantitative estimate of drug-likeness (QED) is 0.0356. The minimum absolute atomic E-state index is 0.318. The Morgan fingerprint density at radius 1 is 0.231 bits per heavy atom. The summed E-state index contributed by atoms with van der Waals surface area (Å²) in [6.07, 6.45) is 59.3. The normalized spacial score (nSPS) is 11.4. The van der Waals surface area contributed by atoms with Gasteiger partial charge in [-0.3, -0.25) is 9.59 Å². The van der Waals surface area contributed by atoms with Crippen LogP contribution in [0, 0.1) is 0 Å². The molecule has 0 heterocycles. The van der Waals surface area contributed by atoms with Crippen molar-refractivity contribution in [1.29, 1.82) is 0 Å². The van der Waals surface area contributed by atoms with Crippen LogP contribution in [0.15, 0.2) is 0 Å². The standard InChI is InChI=1S/C49H96O3/c1-3-5-7-9-11-13-15-17-19-21-22-23-24-25-26-27-28-29-30-31-33-35-37-39-41-43-45-47-49(51)52-48(50)46-44-42-40-38-36-34-32-20-18-16-14-12-10-8-6-4-2/h3-47H2,1-2H3. The van der Waals surface area contributed by atoms with E-state index in [1.165, 1.54) is 250 Å². The summed E-state index contributed by atoms with van der Waals surface area (Å²) in [6.45, 7) is 4.58. The second kappa shape index (κ2) is 46.3. The van der Waals surface area contributed by atoms with Gasteiger partial charge in [-0.25, -0.2) is 0 Å². The van der Waals surface area contributed by atoms with Crippen LogP contribution in [-0.2, 0) is 14.3 Å². The van der Waals surface area contributed by atoms with Gasteiger partial charge in [0.1, 0.15) is 0 Å². The van der Waals surface area contributed by atoms with Crippen LogP contribution in [0.25, 0.3) is 0 Å². The van der Waals surface area contributed by atoms with E-state index in [9.17, 15) is 9.59 Å². The van der Waals surface area contributed by atoms with Gasteiger partial charge in [-0.1, -0.05) is 277 Å². The Bertz CT molecular complexity index is 688. The van der Waals surface area contributed by atoms with Gasteiger partial charge in [-0.05, 0) is 12.8 Å². The van der Waals surface area contributed by atoms with Crippen molar-refractivity contribution in [1.82, 2.24) is 0 Å². The lowest BCUT2D eigenvalue weighted by Gasteiger charge is -2.05. The first-order valence-electron chi connectivity index (χ1n) is 24.4. The second-order valence-corrected chi connectivity index (χ2v) is 16.8. The van der Waals surface area contributed by atoms with Crippen LogP contribution in [0.3, 0.4) is 0 Å². The Morgan fingerprint density at radius 2 is 0.365 bits per heavy atom. The van der Waals surface area contributed by atoms with Crippen molar-refractivity contribution in [2.24, 2.45) is 0 Å². The molecule has 0 aliphatic heterocycles. The van der Waals surface area contributed by atoms with E-state index in [-0.39, 0.29) is 11.9 Å². The van der Waals surface area contributed by atoms with Crippen molar-refractivity contribution in [2.75, 3.05) is 0 Å². The summed E-state index contributed by atoms with van der Waals surface area (Å²) in [5.41, 5.74) is 0. The number of hydrogen-bond donors (Lipinski definition) is 0. The highest BCUT2D eigenvalue weighted by molar-refractivity contribution is 5.85. The summed E-state index contributed by atoms with van der Waals surface area (Å²) in [6, 6.07) is 0. The first-order valence-corrected chi connectivity index (χ1v) is 24.4. The van der Waals surface area contributed by atoms with Crippen LogP contribution >= 0.6 is 0 Å². The number of unbranched alkanes of at least 4 members (excludes halogenated alkanes) is 41. The van der Waals surface area contributed by atoms with E-state index >= 15 is 0 Å². The highest BCUT2D eigenvalue weighted by Crippen LogP contribution is 2.17. The summed E-state index contributed by atoms with van der Waals surface area (Å²) in [7, 11) is 0. The molecular weight excluding hydrogens is 637 g/mol. The fraction of sp³-hybridized carbons (Fsp3) is 0.959. The van der Waals surface area contributed by atoms with Gasteiger partial charge in [-0.15, -0.1) is 0 Å². The van der Waals surface area contributed by atoms with E-state index in [4.69, 9.17) is 4.74 Å². The lowest BCUT2D eigenvalue weighted by Crippen LogP contribution is -2.11. The fourth-order valence-corrected chi connectivity index (χ4v) is 7.81. The van der Waals surface area contributed by atoms with Crippen molar-refractivity contribution in [3.8, 4) is 0 Å². The zero-order valence-electron chi connectivity index (χ0n) is 36.0. The molecule has 3 heteroatoms. The zero-order chi connectivity index (χ0) is 37.7. The number of esters is 2. The molecule has 0 rings (SSSR count). The minimum Gasteiger partial charge on any atom is -0.393 e. The number of ether oxygens (including phenoxy) is 1. The predicted molar refractivity (Wildman–Crippen MR) is 230 cm³/mol. The topological polar surface area (TPSA) is 43.4 Å². The van der Waals surface area contributed by atoms with Gasteiger partial charge in [0.05, 0.1) is 0 Å². The van der Waals surface area contributed by atoms with Crippen molar-refractivity contribution >= 4 is 11.9 Å². The molecule has 0 saturated carbocycles. The van der Waals surface area contributed by atoms with Crippen LogP contribution in [0.5, 0.6) is 0 Å². The molecular formula is C49H96O3. The predicted octanol–water partition coefficient (Wildman–Crippen LogP) is 17.7. The van der Waals surface area contributed by atoms with Crippen molar-refractivity contribution in [3.63, 3.8) is 0 Å². The van der Waals surface area contributed by atoms with Crippen molar-refractivity contribution in [3.05, 3.63) is 0 Å². The summed E-state index contributed by atoms with van der Waals surface area (Å²) in [5, 5.41) is 0. The molecule has 0 radical (unpaired) electrons. The SMILES string of the molecule is CCCCCCCCCCCCCCCCCCCCCCCCCCCCCC(=O)OC(=O)CCCCCCCCCCCCCCCCCC. The maximum absolute atomic E-state index is 12.0. The maximum Gasteiger partial charge on any atom is 0.313 e. The van der Waals surface area contributed by atoms with E-state index in [1.807, 2.05) is 0 Å². The molecule has 0 fully saturated rings. The Kier molecular flexibility index (Phi) is 45.5. The molecule has 310 valence electrons. The zero-order valence-corrected chi connectivity index (χ0v) is 36.0. The van der Waals surface area contributed by atoms with Gasteiger partial charge in [0.2, 0.25) is 0 Å². The fourth-order valence-electron chi connectivity index (χ4n) is 7.81. The summed E-state index contributed by atoms with van der Waals surface area (Å²) >= 11 is 0. The van der Waals surface area contributed by atoms with Gasteiger partial charge in [0.25, 0.3) is 0 Å². The van der Waals surface area contributed by atoms with Crippen LogP contribution < -0.4 is 0 Å². The number of hydrogen-bond acceptors (Lipinski definition) is 3. The molecule has 0 aromatic heterocycles. The van der Waals surface area contributed by atoms with Crippen LogP contribution in [0.4, 0.5) is 0 Å². The lowest BCUT2D eigenvalue weighted by atomic mass is 10.0. The van der Waals surface area contributed by atoms with E-state index < -0.39 is 0 Å². The Hall–Kier alpha value is -0.860. The highest BCUT2D eigenvalue weighted by Gasteiger charge is 2.10. The molecule has 0 aliphatic carbocycles. The third-order valence-electron chi connectivity index (χ3n) is 11.4.